The number of para-hydroxylation sites is 2. The summed E-state index contributed by atoms with van der Waals surface area (Å²) in [6.45, 7) is 2.04. The molecule has 0 spiro atoms. The SMILES string of the molecule is COc1ccc(-c2cc(C(=O)NC[C@H](C)NC(=O)c3cc(-c4ccc(OC)c(OC)c4)nc4ccccc34)c3ccccc3n2)cc1OC. The Morgan fingerprint density at radius 1 is 0.592 bits per heavy atom. The number of pyridine rings is 2. The van der Waals surface area contributed by atoms with Crippen LogP contribution in [0.3, 0.4) is 0 Å². The van der Waals surface area contributed by atoms with Gasteiger partial charge >= 0.3 is 0 Å². The van der Waals surface area contributed by atoms with Crippen molar-refractivity contribution in [3.05, 3.63) is 108 Å². The number of ether oxygens (including phenoxy) is 4. The lowest BCUT2D eigenvalue weighted by atomic mass is 10.0. The first-order valence-electron chi connectivity index (χ1n) is 15.7. The number of fused-ring (bicyclic) bond motifs is 2. The van der Waals surface area contributed by atoms with Gasteiger partial charge in [-0.25, -0.2) is 9.97 Å². The van der Waals surface area contributed by atoms with Crippen LogP contribution in [0.15, 0.2) is 97.1 Å². The fourth-order valence-corrected chi connectivity index (χ4v) is 5.71. The van der Waals surface area contributed by atoms with Crippen molar-refractivity contribution in [3.63, 3.8) is 0 Å². The van der Waals surface area contributed by atoms with Crippen LogP contribution in [0.2, 0.25) is 0 Å². The highest BCUT2D eigenvalue weighted by molar-refractivity contribution is 6.08. The topological polar surface area (TPSA) is 121 Å². The minimum atomic E-state index is -0.397. The number of amides is 2. The third-order valence-electron chi connectivity index (χ3n) is 8.23. The zero-order valence-corrected chi connectivity index (χ0v) is 27.9. The number of carbonyl (C=O) groups is 2. The molecular formula is C39H36N4O6. The van der Waals surface area contributed by atoms with Gasteiger partial charge in [0.15, 0.2) is 23.0 Å². The molecular weight excluding hydrogens is 620 g/mol. The molecule has 2 heterocycles. The highest BCUT2D eigenvalue weighted by Gasteiger charge is 2.19. The van der Waals surface area contributed by atoms with Crippen molar-refractivity contribution in [2.45, 2.75) is 13.0 Å². The number of hydrogen-bond donors (Lipinski definition) is 2. The fraction of sp³-hybridized carbons (Fsp3) is 0.179. The molecule has 0 aliphatic carbocycles. The Kier molecular flexibility index (Phi) is 9.57. The first-order chi connectivity index (χ1) is 23.8. The van der Waals surface area contributed by atoms with Crippen LogP contribution < -0.4 is 29.6 Å². The van der Waals surface area contributed by atoms with Crippen LogP contribution in [0.1, 0.15) is 27.6 Å². The van der Waals surface area contributed by atoms with Crippen LogP contribution >= 0.6 is 0 Å². The molecule has 2 aromatic heterocycles. The molecule has 0 aliphatic heterocycles. The van der Waals surface area contributed by atoms with Crippen molar-refractivity contribution in [1.29, 1.82) is 0 Å². The van der Waals surface area contributed by atoms with Crippen molar-refractivity contribution in [2.24, 2.45) is 0 Å². The molecule has 6 rings (SSSR count). The van der Waals surface area contributed by atoms with Gasteiger partial charge in [-0.1, -0.05) is 36.4 Å². The summed E-state index contributed by atoms with van der Waals surface area (Å²) in [4.78, 5) is 37.0. The predicted octanol–water partition coefficient (Wildman–Crippen LogP) is 6.70. The lowest BCUT2D eigenvalue weighted by molar-refractivity contribution is 0.0914. The molecule has 0 unspecified atom stereocenters. The molecule has 0 bridgehead atoms. The van der Waals surface area contributed by atoms with E-state index in [4.69, 9.17) is 28.9 Å². The van der Waals surface area contributed by atoms with E-state index in [9.17, 15) is 9.59 Å². The molecule has 1 atom stereocenters. The van der Waals surface area contributed by atoms with Crippen molar-refractivity contribution in [3.8, 4) is 45.5 Å². The Morgan fingerprint density at radius 2 is 1.04 bits per heavy atom. The Bertz CT molecular complexity index is 2180. The second kappa shape index (κ2) is 14.3. The van der Waals surface area contributed by atoms with E-state index in [0.717, 1.165) is 11.1 Å². The summed E-state index contributed by atoms with van der Waals surface area (Å²) in [5.41, 5.74) is 5.06. The number of nitrogens with one attached hydrogen (secondary N) is 2. The number of methoxy groups -OCH3 is 4. The minimum Gasteiger partial charge on any atom is -0.493 e. The molecule has 248 valence electrons. The normalized spacial score (nSPS) is 11.5. The van der Waals surface area contributed by atoms with E-state index in [1.54, 1.807) is 52.7 Å². The monoisotopic (exact) mass is 656 g/mol. The van der Waals surface area contributed by atoms with Gasteiger partial charge in [-0.3, -0.25) is 9.59 Å². The standard InChI is InChI=1S/C39H36N4O6/c1-23(41-39(45)29-21-33(43-31-13-9-7-11-27(29)31)25-15-17-35(47-3)37(19-25)49-5)22-40-38(44)28-20-32(42-30-12-8-6-10-26(28)30)24-14-16-34(46-2)36(18-24)48-4/h6-21,23H,22H2,1-5H3,(H,40,44)(H,41,45)/t23-/m0/s1. The summed E-state index contributed by atoms with van der Waals surface area (Å²) in [5, 5.41) is 7.48. The van der Waals surface area contributed by atoms with Crippen molar-refractivity contribution in [1.82, 2.24) is 20.6 Å². The largest absolute Gasteiger partial charge is 0.493 e. The van der Waals surface area contributed by atoms with Crippen LogP contribution in [0.25, 0.3) is 44.3 Å². The van der Waals surface area contributed by atoms with E-state index in [1.807, 2.05) is 79.7 Å². The van der Waals surface area contributed by atoms with E-state index < -0.39 is 6.04 Å². The maximum atomic E-state index is 13.7. The predicted molar refractivity (Wildman–Crippen MR) is 190 cm³/mol. The van der Waals surface area contributed by atoms with Crippen LogP contribution in [-0.2, 0) is 0 Å². The smallest absolute Gasteiger partial charge is 0.252 e. The maximum Gasteiger partial charge on any atom is 0.252 e. The number of nitrogens with zero attached hydrogens (tertiary/aromatic N) is 2. The first kappa shape index (κ1) is 32.8. The van der Waals surface area contributed by atoms with Gasteiger partial charge in [0.1, 0.15) is 0 Å². The molecule has 0 radical (unpaired) electrons. The van der Waals surface area contributed by atoms with E-state index in [2.05, 4.69) is 10.6 Å². The van der Waals surface area contributed by atoms with Crippen LogP contribution in [0.4, 0.5) is 0 Å². The molecule has 0 fully saturated rings. The van der Waals surface area contributed by atoms with Crippen molar-refractivity contribution < 1.29 is 28.5 Å². The number of carbonyl (C=O) groups excluding carboxylic acids is 2. The van der Waals surface area contributed by atoms with Gasteiger partial charge in [-0.15, -0.1) is 0 Å². The van der Waals surface area contributed by atoms with Crippen LogP contribution in [-0.4, -0.2) is 62.8 Å². The zero-order chi connectivity index (χ0) is 34.5. The van der Waals surface area contributed by atoms with Crippen LogP contribution in [0.5, 0.6) is 23.0 Å². The molecule has 10 nitrogen and oxygen atoms in total. The summed E-state index contributed by atoms with van der Waals surface area (Å²) in [6.07, 6.45) is 0. The molecule has 2 N–H and O–H groups in total. The maximum absolute atomic E-state index is 13.7. The number of rotatable bonds is 11. The number of aromatic nitrogens is 2. The van der Waals surface area contributed by atoms with Gasteiger partial charge in [0, 0.05) is 34.5 Å². The Hall–Kier alpha value is -6.16. The summed E-state index contributed by atoms with van der Waals surface area (Å²) < 4.78 is 21.7. The highest BCUT2D eigenvalue weighted by atomic mass is 16.5. The second-order valence-electron chi connectivity index (χ2n) is 11.4. The quantitative estimate of drug-likeness (QED) is 0.158. The molecule has 0 aliphatic rings. The van der Waals surface area contributed by atoms with E-state index >= 15 is 0 Å². The summed E-state index contributed by atoms with van der Waals surface area (Å²) in [7, 11) is 6.30. The molecule has 0 saturated heterocycles. The lowest BCUT2D eigenvalue weighted by Crippen LogP contribution is -2.42. The van der Waals surface area contributed by atoms with Crippen molar-refractivity contribution in [2.75, 3.05) is 35.0 Å². The second-order valence-corrected chi connectivity index (χ2v) is 11.4. The molecule has 4 aromatic carbocycles. The summed E-state index contributed by atoms with van der Waals surface area (Å²) in [5.74, 6) is 1.74. The van der Waals surface area contributed by atoms with Crippen molar-refractivity contribution >= 4 is 33.6 Å². The van der Waals surface area contributed by atoms with Gasteiger partial charge in [0.25, 0.3) is 11.8 Å². The number of benzene rings is 4. The van der Waals surface area contributed by atoms with E-state index in [-0.39, 0.29) is 18.4 Å². The zero-order valence-electron chi connectivity index (χ0n) is 27.9. The van der Waals surface area contributed by atoms with Gasteiger partial charge in [0.05, 0.1) is 62.0 Å². The third-order valence-corrected chi connectivity index (χ3v) is 8.23. The summed E-state index contributed by atoms with van der Waals surface area (Å²) >= 11 is 0. The average Bonchev–Trinajstić information content (AvgIpc) is 3.15. The van der Waals surface area contributed by atoms with Gasteiger partial charge in [0.2, 0.25) is 0 Å². The fourth-order valence-electron chi connectivity index (χ4n) is 5.71. The van der Waals surface area contributed by atoms with E-state index in [1.165, 1.54) is 0 Å². The Balaban J connectivity index is 1.23. The number of hydrogen-bond acceptors (Lipinski definition) is 8. The first-order valence-corrected chi connectivity index (χ1v) is 15.7. The third kappa shape index (κ3) is 6.80. The molecule has 49 heavy (non-hydrogen) atoms. The van der Waals surface area contributed by atoms with Crippen LogP contribution in [0, 0.1) is 0 Å². The molecule has 2 amide bonds. The van der Waals surface area contributed by atoms with Gasteiger partial charge < -0.3 is 29.6 Å². The van der Waals surface area contributed by atoms with E-state index in [0.29, 0.717) is 67.3 Å². The molecule has 0 saturated carbocycles. The van der Waals surface area contributed by atoms with Gasteiger partial charge in [-0.2, -0.15) is 0 Å². The highest BCUT2D eigenvalue weighted by Crippen LogP contribution is 2.34. The molecule has 10 heteroatoms. The minimum absolute atomic E-state index is 0.193. The summed E-state index contributed by atoms with van der Waals surface area (Å²) in [6, 6.07) is 29.1. The molecule has 6 aromatic rings. The Morgan fingerprint density at radius 3 is 1.51 bits per heavy atom. The Labute approximate surface area is 284 Å². The average molecular weight is 657 g/mol. The van der Waals surface area contributed by atoms with Gasteiger partial charge in [-0.05, 0) is 67.6 Å². The lowest BCUT2D eigenvalue weighted by Gasteiger charge is -2.17.